The van der Waals surface area contributed by atoms with Crippen LogP contribution in [-0.4, -0.2) is 49.5 Å². The number of carbonyl (C=O) groups excluding carboxylic acids is 3. The number of benzene rings is 3. The van der Waals surface area contributed by atoms with Crippen LogP contribution in [0.5, 0.6) is 17.2 Å². The summed E-state index contributed by atoms with van der Waals surface area (Å²) in [5.41, 5.74) is -0.0200. The van der Waals surface area contributed by atoms with E-state index < -0.39 is 42.7 Å². The van der Waals surface area contributed by atoms with E-state index in [1.807, 2.05) is 0 Å². The number of amides is 2. The molecule has 1 N–H and O–H groups in total. The predicted molar refractivity (Wildman–Crippen MR) is 163 cm³/mol. The molecule has 0 atom stereocenters. The van der Waals surface area contributed by atoms with Crippen molar-refractivity contribution in [3.05, 3.63) is 81.7 Å². The topological polar surface area (TPSA) is 103 Å². The molecule has 0 bridgehead atoms. The van der Waals surface area contributed by atoms with E-state index in [-0.39, 0.29) is 26.4 Å². The minimum absolute atomic E-state index is 0.00144. The number of hydrogen-bond donors (Lipinski definition) is 1. The van der Waals surface area contributed by atoms with Gasteiger partial charge in [0.05, 0.1) is 35.4 Å². The van der Waals surface area contributed by atoms with Crippen molar-refractivity contribution in [3.63, 3.8) is 0 Å². The fourth-order valence-electron chi connectivity index (χ4n) is 3.82. The van der Waals surface area contributed by atoms with E-state index in [1.54, 1.807) is 18.2 Å². The fraction of sp³-hybridized carbons (Fsp3) is 0.172. The Morgan fingerprint density at radius 1 is 1.00 bits per heavy atom. The third-order valence-corrected chi connectivity index (χ3v) is 7.45. The molecule has 0 aromatic heterocycles. The number of esters is 1. The van der Waals surface area contributed by atoms with E-state index in [2.05, 4.69) is 5.32 Å². The average molecular weight is 667 g/mol. The quantitative estimate of drug-likeness (QED) is 0.151. The Bertz CT molecular complexity index is 1650. The number of nitrogens with zero attached hydrogens (tertiary/aromatic N) is 1. The Kier molecular flexibility index (Phi) is 10.4. The summed E-state index contributed by atoms with van der Waals surface area (Å²) in [5.74, 6) is -1.17. The van der Waals surface area contributed by atoms with Crippen molar-refractivity contribution in [1.29, 1.82) is 0 Å². The van der Waals surface area contributed by atoms with Gasteiger partial charge in [0.1, 0.15) is 5.75 Å². The molecule has 4 rings (SSSR count). The van der Waals surface area contributed by atoms with Gasteiger partial charge in [-0.1, -0.05) is 47.7 Å². The molecule has 0 radical (unpaired) electrons. The van der Waals surface area contributed by atoms with Gasteiger partial charge in [0.25, 0.3) is 11.8 Å². The number of methoxy groups -OCH3 is 2. The molecule has 1 saturated heterocycles. The lowest BCUT2D eigenvalue weighted by Crippen LogP contribution is -2.27. The monoisotopic (exact) mass is 666 g/mol. The number of nitrogens with one attached hydrogen (secondary N) is 1. The SMILES string of the molecule is COc1ccc(NC(=O)COC(=O)COc2ccc(C=C3SC(=S)N(c4cccc(C(F)(F)F)c4)C3=O)cc2OC)cc1Cl. The van der Waals surface area contributed by atoms with Crippen LogP contribution < -0.4 is 24.4 Å². The summed E-state index contributed by atoms with van der Waals surface area (Å²) in [5, 5.41) is 2.83. The highest BCUT2D eigenvalue weighted by Gasteiger charge is 2.36. The molecule has 230 valence electrons. The smallest absolute Gasteiger partial charge is 0.416 e. The summed E-state index contributed by atoms with van der Waals surface area (Å²) in [6.45, 7) is -1.10. The minimum Gasteiger partial charge on any atom is -0.495 e. The standard InChI is InChI=1S/C29H22ClF3N2O7S2/c1-39-21-9-7-18(13-20(21)30)34-25(36)14-42-26(37)15-41-22-8-6-16(10-23(22)40-2)11-24-27(38)35(28(43)44-24)19-5-3-4-17(12-19)29(31,32)33/h3-13H,14-15H2,1-2H3,(H,34,36). The van der Waals surface area contributed by atoms with Crippen molar-refractivity contribution in [2.45, 2.75) is 6.18 Å². The van der Waals surface area contributed by atoms with Crippen LogP contribution in [0.25, 0.3) is 6.08 Å². The summed E-state index contributed by atoms with van der Waals surface area (Å²) in [7, 11) is 2.83. The van der Waals surface area contributed by atoms with E-state index in [0.29, 0.717) is 22.0 Å². The van der Waals surface area contributed by atoms with E-state index in [1.165, 1.54) is 50.6 Å². The Balaban J connectivity index is 1.35. The number of hydrogen-bond acceptors (Lipinski definition) is 9. The second-order valence-electron chi connectivity index (χ2n) is 8.82. The molecule has 1 fully saturated rings. The highest BCUT2D eigenvalue weighted by Crippen LogP contribution is 2.39. The Morgan fingerprint density at radius 2 is 1.73 bits per heavy atom. The van der Waals surface area contributed by atoms with Crippen LogP contribution in [0.1, 0.15) is 11.1 Å². The lowest BCUT2D eigenvalue weighted by atomic mass is 10.1. The molecule has 44 heavy (non-hydrogen) atoms. The molecule has 1 aliphatic heterocycles. The lowest BCUT2D eigenvalue weighted by molar-refractivity contribution is -0.149. The first-order valence-electron chi connectivity index (χ1n) is 12.4. The molecular formula is C29H22ClF3N2O7S2. The normalized spacial score (nSPS) is 14.0. The molecule has 0 aliphatic carbocycles. The molecule has 3 aromatic carbocycles. The molecule has 0 saturated carbocycles. The number of carbonyl (C=O) groups is 3. The zero-order valence-electron chi connectivity index (χ0n) is 22.9. The van der Waals surface area contributed by atoms with Crippen LogP contribution in [0.15, 0.2) is 65.6 Å². The van der Waals surface area contributed by atoms with Crippen LogP contribution in [0.4, 0.5) is 24.5 Å². The summed E-state index contributed by atoms with van der Waals surface area (Å²) < 4.78 is 60.4. The van der Waals surface area contributed by atoms with Gasteiger partial charge in [0.2, 0.25) is 0 Å². The Hall–Kier alpha value is -4.27. The van der Waals surface area contributed by atoms with Crippen molar-refractivity contribution in [3.8, 4) is 17.2 Å². The van der Waals surface area contributed by atoms with Crippen LogP contribution in [0.3, 0.4) is 0 Å². The first kappa shape index (κ1) is 32.6. The second-order valence-corrected chi connectivity index (χ2v) is 10.9. The van der Waals surface area contributed by atoms with Gasteiger partial charge in [-0.05, 0) is 60.2 Å². The third-order valence-electron chi connectivity index (χ3n) is 5.86. The van der Waals surface area contributed by atoms with Crippen molar-refractivity contribution < 1.29 is 46.5 Å². The van der Waals surface area contributed by atoms with Crippen molar-refractivity contribution in [2.24, 2.45) is 0 Å². The predicted octanol–water partition coefficient (Wildman–Crippen LogP) is 6.34. The molecule has 9 nitrogen and oxygen atoms in total. The Labute approximate surface area is 263 Å². The molecule has 2 amide bonds. The van der Waals surface area contributed by atoms with Crippen molar-refractivity contribution >= 4 is 75.1 Å². The summed E-state index contributed by atoms with van der Waals surface area (Å²) in [6.07, 6.45) is -3.08. The largest absolute Gasteiger partial charge is 0.495 e. The number of ether oxygens (including phenoxy) is 4. The minimum atomic E-state index is -4.58. The molecule has 3 aromatic rings. The maximum Gasteiger partial charge on any atom is 0.416 e. The highest BCUT2D eigenvalue weighted by molar-refractivity contribution is 8.27. The summed E-state index contributed by atoms with van der Waals surface area (Å²) >= 11 is 12.2. The third kappa shape index (κ3) is 8.01. The van der Waals surface area contributed by atoms with E-state index >= 15 is 0 Å². The van der Waals surface area contributed by atoms with Gasteiger partial charge in [0.15, 0.2) is 29.0 Å². The van der Waals surface area contributed by atoms with Gasteiger partial charge in [-0.25, -0.2) is 4.79 Å². The molecular weight excluding hydrogens is 645 g/mol. The van der Waals surface area contributed by atoms with E-state index in [4.69, 9.17) is 42.8 Å². The van der Waals surface area contributed by atoms with E-state index in [9.17, 15) is 27.6 Å². The first-order chi connectivity index (χ1) is 20.9. The molecule has 15 heteroatoms. The zero-order chi connectivity index (χ0) is 32.0. The van der Waals surface area contributed by atoms with Gasteiger partial charge in [-0.3, -0.25) is 14.5 Å². The second kappa shape index (κ2) is 14.0. The first-order valence-corrected chi connectivity index (χ1v) is 14.0. The van der Waals surface area contributed by atoms with Gasteiger partial charge >= 0.3 is 12.1 Å². The molecule has 1 aliphatic rings. The van der Waals surface area contributed by atoms with Gasteiger partial charge in [-0.2, -0.15) is 13.2 Å². The molecule has 0 spiro atoms. The van der Waals surface area contributed by atoms with Crippen LogP contribution in [-0.2, 0) is 25.3 Å². The maximum atomic E-state index is 13.2. The zero-order valence-corrected chi connectivity index (χ0v) is 25.3. The highest BCUT2D eigenvalue weighted by atomic mass is 35.5. The number of anilines is 2. The van der Waals surface area contributed by atoms with Gasteiger partial charge < -0.3 is 24.3 Å². The Morgan fingerprint density at radius 3 is 2.41 bits per heavy atom. The molecule has 1 heterocycles. The van der Waals surface area contributed by atoms with Gasteiger partial charge in [0, 0.05) is 5.69 Å². The summed E-state index contributed by atoms with van der Waals surface area (Å²) in [6, 6.07) is 13.6. The van der Waals surface area contributed by atoms with Crippen LogP contribution in [0.2, 0.25) is 5.02 Å². The number of halogens is 4. The van der Waals surface area contributed by atoms with Crippen molar-refractivity contribution in [2.75, 3.05) is 37.7 Å². The number of rotatable bonds is 10. The fourth-order valence-corrected chi connectivity index (χ4v) is 5.38. The number of thiocarbonyl (C=S) groups is 1. The van der Waals surface area contributed by atoms with Crippen molar-refractivity contribution in [1.82, 2.24) is 0 Å². The molecule has 0 unspecified atom stereocenters. The number of thioether (sulfide) groups is 1. The van der Waals surface area contributed by atoms with Gasteiger partial charge in [-0.15, -0.1) is 0 Å². The average Bonchev–Trinajstić information content (AvgIpc) is 3.26. The van der Waals surface area contributed by atoms with E-state index in [0.717, 1.165) is 28.8 Å². The lowest BCUT2D eigenvalue weighted by Gasteiger charge is -2.16. The van der Waals surface area contributed by atoms with Crippen LogP contribution in [0, 0.1) is 0 Å². The van der Waals surface area contributed by atoms with Crippen LogP contribution >= 0.6 is 35.6 Å². The summed E-state index contributed by atoms with van der Waals surface area (Å²) in [4.78, 5) is 38.6. The maximum absolute atomic E-state index is 13.2. The number of alkyl halides is 3.